The van der Waals surface area contributed by atoms with Crippen LogP contribution in [0.2, 0.25) is 0 Å². The van der Waals surface area contributed by atoms with Crippen molar-refractivity contribution in [3.63, 3.8) is 0 Å². The van der Waals surface area contributed by atoms with Gasteiger partial charge in [0.15, 0.2) is 0 Å². The lowest BCUT2D eigenvalue weighted by Gasteiger charge is -2.35. The number of likely N-dealkylation sites (tertiary alicyclic amines) is 1. The van der Waals surface area contributed by atoms with Gasteiger partial charge in [0.1, 0.15) is 5.65 Å². The third kappa shape index (κ3) is 3.69. The maximum absolute atomic E-state index is 11.9. The fourth-order valence-corrected chi connectivity index (χ4v) is 5.50. The maximum Gasteiger partial charge on any atom is 0.223 e. The Hall–Kier alpha value is -2.86. The van der Waals surface area contributed by atoms with E-state index in [2.05, 4.69) is 41.3 Å². The van der Waals surface area contributed by atoms with Crippen LogP contribution >= 0.6 is 0 Å². The summed E-state index contributed by atoms with van der Waals surface area (Å²) in [6.07, 6.45) is 4.17. The van der Waals surface area contributed by atoms with Crippen LogP contribution in [0.1, 0.15) is 38.4 Å². The highest BCUT2D eigenvalue weighted by molar-refractivity contribution is 5.94. The second-order valence-corrected chi connectivity index (χ2v) is 9.50. The molecule has 4 heterocycles. The zero-order valence-electron chi connectivity index (χ0n) is 18.6. The quantitative estimate of drug-likeness (QED) is 0.700. The summed E-state index contributed by atoms with van der Waals surface area (Å²) in [4.78, 5) is 21.4. The fourth-order valence-electron chi connectivity index (χ4n) is 5.50. The molecule has 1 amide bonds. The van der Waals surface area contributed by atoms with Gasteiger partial charge in [0, 0.05) is 56.2 Å². The summed E-state index contributed by atoms with van der Waals surface area (Å²) >= 11 is 0. The first-order valence-electron chi connectivity index (χ1n) is 11.3. The molecule has 2 aliphatic rings. The van der Waals surface area contributed by atoms with Crippen molar-refractivity contribution in [2.75, 3.05) is 30.3 Å². The van der Waals surface area contributed by atoms with E-state index in [0.29, 0.717) is 11.8 Å². The van der Waals surface area contributed by atoms with Gasteiger partial charge in [0.05, 0.1) is 11.4 Å². The Morgan fingerprint density at radius 2 is 1.94 bits per heavy atom. The van der Waals surface area contributed by atoms with Crippen molar-refractivity contribution < 1.29 is 4.79 Å². The summed E-state index contributed by atoms with van der Waals surface area (Å²) < 4.78 is 2.16. The number of hydrogen-bond donors (Lipinski definition) is 1. The summed E-state index contributed by atoms with van der Waals surface area (Å²) in [5, 5.41) is 0. The minimum Gasteiger partial charge on any atom is -0.398 e. The van der Waals surface area contributed by atoms with Gasteiger partial charge in [-0.25, -0.2) is 4.98 Å². The largest absolute Gasteiger partial charge is 0.398 e. The van der Waals surface area contributed by atoms with Gasteiger partial charge in [0.2, 0.25) is 5.91 Å². The molecule has 2 aliphatic heterocycles. The smallest absolute Gasteiger partial charge is 0.223 e. The molecule has 2 unspecified atom stereocenters. The number of rotatable bonds is 3. The number of pyridine rings is 1. The molecular weight excluding hydrogens is 386 g/mol. The van der Waals surface area contributed by atoms with Crippen LogP contribution in [0, 0.1) is 11.8 Å². The number of nitrogen functional groups attached to an aromatic ring is 1. The number of piperidine rings is 1. The summed E-state index contributed by atoms with van der Waals surface area (Å²) in [5.74, 6) is 1.51. The van der Waals surface area contributed by atoms with E-state index >= 15 is 0 Å². The Labute approximate surface area is 183 Å². The Balaban J connectivity index is 1.57. The second kappa shape index (κ2) is 7.68. The van der Waals surface area contributed by atoms with Crippen molar-refractivity contribution in [2.24, 2.45) is 11.8 Å². The Kier molecular flexibility index (Phi) is 4.97. The van der Waals surface area contributed by atoms with Gasteiger partial charge in [-0.3, -0.25) is 9.69 Å². The number of aromatic nitrogens is 2. The molecule has 1 saturated heterocycles. The molecule has 1 aromatic carbocycles. The van der Waals surface area contributed by atoms with Crippen molar-refractivity contribution in [2.45, 2.75) is 40.2 Å². The number of benzene rings is 1. The average Bonchev–Trinajstić information content (AvgIpc) is 3.28. The van der Waals surface area contributed by atoms with Crippen molar-refractivity contribution in [3.05, 3.63) is 47.8 Å². The molecule has 0 aliphatic carbocycles. The van der Waals surface area contributed by atoms with Gasteiger partial charge in [0.25, 0.3) is 0 Å². The lowest BCUT2D eigenvalue weighted by molar-refractivity contribution is -0.116. The van der Waals surface area contributed by atoms with Crippen LogP contribution in [0.5, 0.6) is 0 Å². The molecule has 2 atom stereocenters. The minimum atomic E-state index is 0.101. The molecule has 3 aromatic rings. The molecule has 6 heteroatoms. The highest BCUT2D eigenvalue weighted by atomic mass is 16.2. The number of nitrogens with zero attached hydrogens (tertiary/aromatic N) is 4. The van der Waals surface area contributed by atoms with Crippen LogP contribution < -0.4 is 10.6 Å². The monoisotopic (exact) mass is 417 g/mol. The van der Waals surface area contributed by atoms with Crippen LogP contribution in [0.4, 0.5) is 11.4 Å². The molecule has 0 bridgehead atoms. The minimum absolute atomic E-state index is 0.101. The van der Waals surface area contributed by atoms with Crippen molar-refractivity contribution in [1.29, 1.82) is 0 Å². The predicted octanol–water partition coefficient (Wildman–Crippen LogP) is 3.97. The number of nitrogens with two attached hydrogens (primary N) is 1. The normalized spacial score (nSPS) is 21.6. The number of imidazole rings is 1. The lowest BCUT2D eigenvalue weighted by Crippen LogP contribution is -2.38. The highest BCUT2D eigenvalue weighted by Crippen LogP contribution is 2.35. The van der Waals surface area contributed by atoms with E-state index in [1.54, 1.807) is 6.92 Å². The molecule has 0 saturated carbocycles. The second-order valence-electron chi connectivity index (χ2n) is 9.50. The number of carbonyl (C=O) groups excluding carboxylic acids is 1. The molecule has 5 rings (SSSR count). The van der Waals surface area contributed by atoms with Crippen LogP contribution in [0.25, 0.3) is 16.9 Å². The van der Waals surface area contributed by atoms with Crippen molar-refractivity contribution in [3.8, 4) is 11.3 Å². The average molecular weight is 418 g/mol. The molecule has 162 valence electrons. The first-order chi connectivity index (χ1) is 14.9. The Bertz CT molecular complexity index is 1140. The summed E-state index contributed by atoms with van der Waals surface area (Å²) in [6, 6.07) is 10.3. The van der Waals surface area contributed by atoms with Crippen molar-refractivity contribution in [1.82, 2.24) is 14.3 Å². The van der Waals surface area contributed by atoms with E-state index in [9.17, 15) is 4.79 Å². The molecule has 2 aromatic heterocycles. The van der Waals surface area contributed by atoms with Gasteiger partial charge in [-0.15, -0.1) is 0 Å². The maximum atomic E-state index is 11.9. The summed E-state index contributed by atoms with van der Waals surface area (Å²) in [7, 11) is 0. The molecule has 2 N–H and O–H groups in total. The number of anilines is 2. The van der Waals surface area contributed by atoms with Gasteiger partial charge in [-0.1, -0.05) is 19.9 Å². The third-order valence-electron chi connectivity index (χ3n) is 6.69. The molecule has 31 heavy (non-hydrogen) atoms. The fraction of sp³-hybridized carbons (Fsp3) is 0.440. The number of carbonyl (C=O) groups is 1. The van der Waals surface area contributed by atoms with Gasteiger partial charge >= 0.3 is 0 Å². The van der Waals surface area contributed by atoms with Crippen molar-refractivity contribution >= 4 is 22.9 Å². The van der Waals surface area contributed by atoms with Gasteiger partial charge in [-0.2, -0.15) is 0 Å². The SMILES string of the molecule is CC(=O)N1CCc2cc(-c3nc4ccc(N)cn4c3CN3CC(C)CC(C)C3)ccc21. The topological polar surface area (TPSA) is 66.9 Å². The van der Waals surface area contributed by atoms with Crippen LogP contribution in [0.15, 0.2) is 36.5 Å². The number of fused-ring (bicyclic) bond motifs is 2. The molecular formula is C25H31N5O. The van der Waals surface area contributed by atoms with Gasteiger partial charge in [-0.05, 0) is 54.5 Å². The Morgan fingerprint density at radius 1 is 1.16 bits per heavy atom. The van der Waals surface area contributed by atoms with E-state index in [1.807, 2.05) is 23.2 Å². The van der Waals surface area contributed by atoms with E-state index in [-0.39, 0.29) is 5.91 Å². The molecule has 0 radical (unpaired) electrons. The lowest BCUT2D eigenvalue weighted by atomic mass is 9.91. The summed E-state index contributed by atoms with van der Waals surface area (Å²) in [5.41, 5.74) is 13.4. The first kappa shape index (κ1) is 20.1. The van der Waals surface area contributed by atoms with E-state index in [0.717, 1.165) is 60.9 Å². The molecule has 1 fully saturated rings. The Morgan fingerprint density at radius 3 is 2.68 bits per heavy atom. The first-order valence-corrected chi connectivity index (χ1v) is 11.3. The van der Waals surface area contributed by atoms with E-state index in [4.69, 9.17) is 10.7 Å². The molecule has 0 spiro atoms. The van der Waals surface area contributed by atoms with E-state index < -0.39 is 0 Å². The van der Waals surface area contributed by atoms with E-state index in [1.165, 1.54) is 17.7 Å². The van der Waals surface area contributed by atoms with Crippen LogP contribution in [-0.4, -0.2) is 39.8 Å². The molecule has 6 nitrogen and oxygen atoms in total. The van der Waals surface area contributed by atoms with Gasteiger partial charge < -0.3 is 15.0 Å². The third-order valence-corrected chi connectivity index (χ3v) is 6.69. The highest BCUT2D eigenvalue weighted by Gasteiger charge is 2.26. The van der Waals surface area contributed by atoms with Crippen LogP contribution in [-0.2, 0) is 17.8 Å². The summed E-state index contributed by atoms with van der Waals surface area (Å²) in [6.45, 7) is 10.1. The zero-order chi connectivity index (χ0) is 21.7. The van der Waals surface area contributed by atoms with Crippen LogP contribution in [0.3, 0.4) is 0 Å². The standard InChI is InChI=1S/C25H31N5O/c1-16-10-17(2)13-28(12-16)15-23-25(27-24-7-5-21(26)14-30(23)24)20-4-6-22-19(11-20)8-9-29(22)18(3)31/h4-7,11,14,16-17H,8-10,12-13,15,26H2,1-3H3. The zero-order valence-corrected chi connectivity index (χ0v) is 18.6. The number of hydrogen-bond acceptors (Lipinski definition) is 4. The number of amides is 1. The predicted molar refractivity (Wildman–Crippen MR) is 125 cm³/mol.